The SMILES string of the molecule is CCOc1ccc(S(=O)(=O)Nc2ccc(N3CCCC3=O)c(OC)c2)cc1. The summed E-state index contributed by atoms with van der Waals surface area (Å²) in [5, 5.41) is 0. The number of sulfonamides is 1. The molecule has 1 saturated heterocycles. The van der Waals surface area contributed by atoms with Gasteiger partial charge < -0.3 is 14.4 Å². The Kier molecular flexibility index (Phi) is 5.55. The van der Waals surface area contributed by atoms with Gasteiger partial charge in [-0.2, -0.15) is 0 Å². The summed E-state index contributed by atoms with van der Waals surface area (Å²) in [7, 11) is -2.26. The quantitative estimate of drug-likeness (QED) is 0.786. The third-order valence-corrected chi connectivity index (χ3v) is 5.64. The standard InChI is InChI=1S/C19H22N2O5S/c1-3-26-15-7-9-16(10-8-15)27(23,24)20-14-6-11-17(18(13-14)25-2)21-12-4-5-19(21)22/h6-11,13,20H,3-5,12H2,1-2H3. The predicted molar refractivity (Wildman–Crippen MR) is 103 cm³/mol. The van der Waals surface area contributed by atoms with Crippen molar-refractivity contribution >= 4 is 27.3 Å². The molecule has 0 aliphatic carbocycles. The Morgan fingerprint density at radius 3 is 2.48 bits per heavy atom. The number of carbonyl (C=O) groups excluding carboxylic acids is 1. The van der Waals surface area contributed by atoms with Crippen molar-refractivity contribution in [2.45, 2.75) is 24.7 Å². The van der Waals surface area contributed by atoms with Crippen LogP contribution < -0.4 is 19.1 Å². The molecule has 2 aromatic rings. The molecule has 0 radical (unpaired) electrons. The minimum Gasteiger partial charge on any atom is -0.494 e. The van der Waals surface area contributed by atoms with Gasteiger partial charge in [-0.3, -0.25) is 9.52 Å². The average Bonchev–Trinajstić information content (AvgIpc) is 3.08. The third kappa shape index (κ3) is 4.16. The molecule has 0 unspecified atom stereocenters. The smallest absolute Gasteiger partial charge is 0.261 e. The maximum absolute atomic E-state index is 12.6. The second-order valence-corrected chi connectivity index (χ2v) is 7.73. The Morgan fingerprint density at radius 1 is 1.15 bits per heavy atom. The van der Waals surface area contributed by atoms with Crippen LogP contribution in [0.3, 0.4) is 0 Å². The van der Waals surface area contributed by atoms with Gasteiger partial charge in [0.1, 0.15) is 11.5 Å². The van der Waals surface area contributed by atoms with Crippen LogP contribution >= 0.6 is 0 Å². The Balaban J connectivity index is 1.83. The van der Waals surface area contributed by atoms with Crippen molar-refractivity contribution in [3.8, 4) is 11.5 Å². The number of benzene rings is 2. The summed E-state index contributed by atoms with van der Waals surface area (Å²) in [4.78, 5) is 13.7. The van der Waals surface area contributed by atoms with Gasteiger partial charge in [-0.1, -0.05) is 0 Å². The van der Waals surface area contributed by atoms with E-state index in [9.17, 15) is 13.2 Å². The van der Waals surface area contributed by atoms with E-state index < -0.39 is 10.0 Å². The molecule has 3 rings (SSSR count). The largest absolute Gasteiger partial charge is 0.494 e. The normalized spacial score (nSPS) is 14.3. The first-order valence-electron chi connectivity index (χ1n) is 8.68. The molecule has 1 heterocycles. The highest BCUT2D eigenvalue weighted by Crippen LogP contribution is 2.34. The van der Waals surface area contributed by atoms with Gasteiger partial charge >= 0.3 is 0 Å². The van der Waals surface area contributed by atoms with Crippen molar-refractivity contribution in [3.63, 3.8) is 0 Å². The van der Waals surface area contributed by atoms with Gasteiger partial charge in [0.2, 0.25) is 5.91 Å². The van der Waals surface area contributed by atoms with Crippen molar-refractivity contribution in [3.05, 3.63) is 42.5 Å². The first-order chi connectivity index (χ1) is 12.9. The van der Waals surface area contributed by atoms with Crippen LogP contribution in [0.25, 0.3) is 0 Å². The number of rotatable bonds is 7. The van der Waals surface area contributed by atoms with Gasteiger partial charge in [0.25, 0.3) is 10.0 Å². The van der Waals surface area contributed by atoms with E-state index in [-0.39, 0.29) is 10.8 Å². The lowest BCUT2D eigenvalue weighted by atomic mass is 10.2. The van der Waals surface area contributed by atoms with Crippen LogP contribution in [0.1, 0.15) is 19.8 Å². The zero-order valence-corrected chi connectivity index (χ0v) is 16.1. The molecule has 0 aromatic heterocycles. The molecule has 144 valence electrons. The Labute approximate surface area is 158 Å². The summed E-state index contributed by atoms with van der Waals surface area (Å²) in [6.45, 7) is 3.00. The van der Waals surface area contributed by atoms with Crippen LogP contribution in [0, 0.1) is 0 Å². The molecule has 0 atom stereocenters. The molecular formula is C19H22N2O5S. The number of hydrogen-bond acceptors (Lipinski definition) is 5. The molecule has 1 aliphatic heterocycles. The molecular weight excluding hydrogens is 368 g/mol. The number of hydrogen-bond donors (Lipinski definition) is 1. The van der Waals surface area contributed by atoms with Crippen LogP contribution in [0.4, 0.5) is 11.4 Å². The maximum Gasteiger partial charge on any atom is 0.261 e. The minimum absolute atomic E-state index is 0.0380. The summed E-state index contributed by atoms with van der Waals surface area (Å²) in [5.74, 6) is 1.09. The van der Waals surface area contributed by atoms with Crippen molar-refractivity contribution in [2.24, 2.45) is 0 Å². The highest BCUT2D eigenvalue weighted by molar-refractivity contribution is 7.92. The molecule has 27 heavy (non-hydrogen) atoms. The summed E-state index contributed by atoms with van der Waals surface area (Å²) in [6.07, 6.45) is 1.31. The summed E-state index contributed by atoms with van der Waals surface area (Å²) >= 11 is 0. The zero-order valence-electron chi connectivity index (χ0n) is 15.3. The van der Waals surface area contributed by atoms with Crippen LogP contribution in [0.5, 0.6) is 11.5 Å². The van der Waals surface area contributed by atoms with Crippen molar-refractivity contribution < 1.29 is 22.7 Å². The number of nitrogens with zero attached hydrogens (tertiary/aromatic N) is 1. The molecule has 1 amide bonds. The van der Waals surface area contributed by atoms with E-state index >= 15 is 0 Å². The third-order valence-electron chi connectivity index (χ3n) is 4.24. The number of anilines is 2. The summed E-state index contributed by atoms with van der Waals surface area (Å²) < 4.78 is 38.4. The highest BCUT2D eigenvalue weighted by Gasteiger charge is 2.25. The van der Waals surface area contributed by atoms with Gasteiger partial charge in [-0.05, 0) is 49.7 Å². The molecule has 8 heteroatoms. The topological polar surface area (TPSA) is 84.9 Å². The lowest BCUT2D eigenvalue weighted by molar-refractivity contribution is -0.117. The van der Waals surface area contributed by atoms with Crippen LogP contribution in [0.15, 0.2) is 47.4 Å². The first kappa shape index (κ1) is 19.0. The predicted octanol–water partition coefficient (Wildman–Crippen LogP) is 3.02. The molecule has 2 aromatic carbocycles. The van der Waals surface area contributed by atoms with E-state index in [1.807, 2.05) is 6.92 Å². The number of amides is 1. The van der Waals surface area contributed by atoms with Crippen LogP contribution in [0.2, 0.25) is 0 Å². The van der Waals surface area contributed by atoms with Gasteiger partial charge in [0.15, 0.2) is 0 Å². The molecule has 1 N–H and O–H groups in total. The van der Waals surface area contributed by atoms with Gasteiger partial charge in [0.05, 0.1) is 30.0 Å². The van der Waals surface area contributed by atoms with E-state index in [1.165, 1.54) is 19.2 Å². The second-order valence-electron chi connectivity index (χ2n) is 6.05. The molecule has 1 aliphatic rings. The number of ether oxygens (including phenoxy) is 2. The maximum atomic E-state index is 12.6. The van der Waals surface area contributed by atoms with E-state index in [0.29, 0.717) is 42.4 Å². The fourth-order valence-electron chi connectivity index (χ4n) is 2.96. The fraction of sp³-hybridized carbons (Fsp3) is 0.316. The molecule has 7 nitrogen and oxygen atoms in total. The van der Waals surface area contributed by atoms with Crippen LogP contribution in [-0.4, -0.2) is 34.6 Å². The molecule has 0 bridgehead atoms. The first-order valence-corrected chi connectivity index (χ1v) is 10.2. The molecule has 0 spiro atoms. The molecule has 0 saturated carbocycles. The number of methoxy groups -OCH3 is 1. The summed E-state index contributed by atoms with van der Waals surface area (Å²) in [6, 6.07) is 11.1. The van der Waals surface area contributed by atoms with Crippen LogP contribution in [-0.2, 0) is 14.8 Å². The van der Waals surface area contributed by atoms with Gasteiger partial charge in [0, 0.05) is 19.0 Å². The van der Waals surface area contributed by atoms with Gasteiger partial charge in [-0.15, -0.1) is 0 Å². The Hall–Kier alpha value is -2.74. The van der Waals surface area contributed by atoms with Crippen molar-refractivity contribution in [1.82, 2.24) is 0 Å². The Bertz CT molecular complexity index is 926. The monoisotopic (exact) mass is 390 g/mol. The minimum atomic E-state index is -3.75. The van der Waals surface area contributed by atoms with E-state index in [1.54, 1.807) is 35.2 Å². The zero-order chi connectivity index (χ0) is 19.4. The van der Waals surface area contributed by atoms with Crippen molar-refractivity contribution in [2.75, 3.05) is 29.9 Å². The van der Waals surface area contributed by atoms with E-state index in [4.69, 9.17) is 9.47 Å². The van der Waals surface area contributed by atoms with Crippen molar-refractivity contribution in [1.29, 1.82) is 0 Å². The number of nitrogens with one attached hydrogen (secondary N) is 1. The fourth-order valence-corrected chi connectivity index (χ4v) is 4.01. The number of carbonyl (C=O) groups is 1. The average molecular weight is 390 g/mol. The highest BCUT2D eigenvalue weighted by atomic mass is 32.2. The van der Waals surface area contributed by atoms with E-state index in [0.717, 1.165) is 6.42 Å². The van der Waals surface area contributed by atoms with E-state index in [2.05, 4.69) is 4.72 Å². The lowest BCUT2D eigenvalue weighted by Crippen LogP contribution is -2.24. The molecule has 1 fully saturated rings. The Morgan fingerprint density at radius 2 is 1.89 bits per heavy atom. The second kappa shape index (κ2) is 7.87. The lowest BCUT2D eigenvalue weighted by Gasteiger charge is -2.20. The summed E-state index contributed by atoms with van der Waals surface area (Å²) in [5.41, 5.74) is 1.00. The van der Waals surface area contributed by atoms with Gasteiger partial charge in [-0.25, -0.2) is 8.42 Å².